The average Bonchev–Trinajstić information content (AvgIpc) is 3.53. The predicted octanol–water partition coefficient (Wildman–Crippen LogP) is 4.00. The zero-order valence-corrected chi connectivity index (χ0v) is 24.5. The molecular formula is C27H33ClN8O4S. The summed E-state index contributed by atoms with van der Waals surface area (Å²) < 4.78 is 6.42. The predicted molar refractivity (Wildman–Crippen MR) is 159 cm³/mol. The van der Waals surface area contributed by atoms with Crippen molar-refractivity contribution in [1.82, 2.24) is 24.6 Å². The van der Waals surface area contributed by atoms with E-state index < -0.39 is 0 Å². The molecule has 1 fully saturated rings. The van der Waals surface area contributed by atoms with Crippen LogP contribution in [0.1, 0.15) is 16.3 Å². The fraction of sp³-hybridized carbons (Fsp3) is 0.370. The van der Waals surface area contributed by atoms with Gasteiger partial charge in [-0.15, -0.1) is 4.73 Å². The first-order valence-corrected chi connectivity index (χ1v) is 14.4. The summed E-state index contributed by atoms with van der Waals surface area (Å²) in [6, 6.07) is 10.5. The maximum atomic E-state index is 9.58. The topological polar surface area (TPSA) is 133 Å². The van der Waals surface area contributed by atoms with E-state index in [-0.39, 0.29) is 18.6 Å². The van der Waals surface area contributed by atoms with Gasteiger partial charge in [0, 0.05) is 62.0 Å². The molecule has 0 bridgehead atoms. The van der Waals surface area contributed by atoms with Crippen molar-refractivity contribution in [3.63, 3.8) is 0 Å². The molecule has 41 heavy (non-hydrogen) atoms. The van der Waals surface area contributed by atoms with E-state index in [0.717, 1.165) is 64.5 Å². The third-order valence-electron chi connectivity index (χ3n) is 6.59. The molecule has 4 heterocycles. The van der Waals surface area contributed by atoms with Gasteiger partial charge in [-0.3, -0.25) is 4.90 Å². The summed E-state index contributed by atoms with van der Waals surface area (Å²) in [5.41, 5.74) is 2.03. The van der Waals surface area contributed by atoms with Crippen LogP contribution in [0.4, 0.5) is 22.5 Å². The molecule has 1 saturated heterocycles. The van der Waals surface area contributed by atoms with E-state index in [9.17, 15) is 10.2 Å². The Morgan fingerprint density at radius 3 is 2.59 bits per heavy atom. The van der Waals surface area contributed by atoms with Crippen LogP contribution in [0.15, 0.2) is 42.6 Å². The number of benzene rings is 1. The Bertz CT molecular complexity index is 1420. The molecule has 0 unspecified atom stereocenters. The van der Waals surface area contributed by atoms with E-state index in [0.29, 0.717) is 29.8 Å². The highest BCUT2D eigenvalue weighted by molar-refractivity contribution is 7.15. The fourth-order valence-corrected chi connectivity index (χ4v) is 5.49. The van der Waals surface area contributed by atoms with Crippen molar-refractivity contribution >= 4 is 45.4 Å². The van der Waals surface area contributed by atoms with Crippen LogP contribution in [-0.2, 0) is 11.3 Å². The second-order valence-electron chi connectivity index (χ2n) is 9.53. The molecule has 4 aromatic rings. The number of hydrogen-bond donors (Lipinski definition) is 4. The number of rotatable bonds is 12. The van der Waals surface area contributed by atoms with E-state index >= 15 is 0 Å². The van der Waals surface area contributed by atoms with Gasteiger partial charge in [0.1, 0.15) is 17.5 Å². The summed E-state index contributed by atoms with van der Waals surface area (Å²) in [5, 5.41) is 27.4. The van der Waals surface area contributed by atoms with Gasteiger partial charge in [-0.05, 0) is 25.5 Å². The van der Waals surface area contributed by atoms with Gasteiger partial charge in [0.25, 0.3) is 0 Å². The molecule has 0 aliphatic carbocycles. The maximum Gasteiger partial charge on any atom is 0.229 e. The Balaban J connectivity index is 1.08. The number of anilines is 4. The van der Waals surface area contributed by atoms with Crippen LogP contribution in [0.25, 0.3) is 0 Å². The highest BCUT2D eigenvalue weighted by atomic mass is 35.5. The number of nitrogens with zero attached hydrogens (tertiary/aromatic N) is 6. The molecule has 0 radical (unpaired) electrons. The van der Waals surface area contributed by atoms with E-state index in [1.54, 1.807) is 11.3 Å². The highest BCUT2D eigenvalue weighted by Gasteiger charge is 2.19. The molecule has 14 heteroatoms. The standard InChI is InChI=1S/C27H33ClN8O4S/c1-18-4-3-5-21(28)26(18)29-15-20-16-30-27(41-20)33-22-14-23(32-19(2)31-22)35-10-8-34(9-11-35)12-13-39-17-40-36-24(37)6-7-25(36)38/h3-7,14,16,29,37-38H,8-13,15,17H2,1-2H3,(H,30,31,32,33). The van der Waals surface area contributed by atoms with Crippen molar-refractivity contribution in [3.8, 4) is 11.8 Å². The van der Waals surface area contributed by atoms with Crippen LogP contribution in [-0.4, -0.2) is 80.9 Å². The largest absolute Gasteiger partial charge is 0.492 e. The molecular weight excluding hydrogens is 568 g/mol. The zero-order chi connectivity index (χ0) is 28.8. The molecule has 12 nitrogen and oxygen atoms in total. The van der Waals surface area contributed by atoms with Crippen LogP contribution >= 0.6 is 22.9 Å². The Morgan fingerprint density at radius 2 is 1.83 bits per heavy atom. The lowest BCUT2D eigenvalue weighted by Gasteiger charge is -2.35. The zero-order valence-electron chi connectivity index (χ0n) is 22.9. The summed E-state index contributed by atoms with van der Waals surface area (Å²) in [4.78, 5) is 24.6. The molecule has 3 aromatic heterocycles. The second kappa shape index (κ2) is 13.3. The number of aromatic nitrogens is 4. The normalized spacial score (nSPS) is 13.9. The summed E-state index contributed by atoms with van der Waals surface area (Å²) in [6.45, 7) is 9.05. The van der Waals surface area contributed by atoms with Gasteiger partial charge in [0.05, 0.1) is 23.9 Å². The minimum atomic E-state index is -0.186. The first kappa shape index (κ1) is 28.7. The van der Waals surface area contributed by atoms with Crippen LogP contribution in [0.2, 0.25) is 5.02 Å². The summed E-state index contributed by atoms with van der Waals surface area (Å²) in [5.74, 6) is 1.90. The molecule has 4 N–H and O–H groups in total. The van der Waals surface area contributed by atoms with Crippen molar-refractivity contribution in [3.05, 3.63) is 63.9 Å². The number of para-hydroxylation sites is 1. The average molecular weight is 601 g/mol. The van der Waals surface area contributed by atoms with Crippen molar-refractivity contribution in [2.45, 2.75) is 20.4 Å². The number of thiazole rings is 1. The summed E-state index contributed by atoms with van der Waals surface area (Å²) in [6.07, 6.45) is 1.85. The Labute approximate surface area is 247 Å². The lowest BCUT2D eigenvalue weighted by Crippen LogP contribution is -2.47. The van der Waals surface area contributed by atoms with Crippen molar-refractivity contribution in [2.24, 2.45) is 0 Å². The molecule has 218 valence electrons. The van der Waals surface area contributed by atoms with Gasteiger partial charge in [0.2, 0.25) is 18.6 Å². The van der Waals surface area contributed by atoms with Gasteiger partial charge >= 0.3 is 0 Å². The van der Waals surface area contributed by atoms with E-state index in [2.05, 4.69) is 35.4 Å². The number of halogens is 1. The lowest BCUT2D eigenvalue weighted by atomic mass is 10.2. The van der Waals surface area contributed by atoms with Crippen LogP contribution < -0.4 is 20.4 Å². The van der Waals surface area contributed by atoms with E-state index in [1.807, 2.05) is 44.3 Å². The summed E-state index contributed by atoms with van der Waals surface area (Å²) >= 11 is 7.90. The van der Waals surface area contributed by atoms with Crippen LogP contribution in [0, 0.1) is 13.8 Å². The first-order valence-electron chi connectivity index (χ1n) is 13.2. The minimum absolute atomic E-state index is 0.0795. The Kier molecular flexibility index (Phi) is 9.29. The second-order valence-corrected chi connectivity index (χ2v) is 11.1. The Hall–Kier alpha value is -3.78. The SMILES string of the molecule is Cc1nc(Nc2ncc(CNc3c(C)cccc3Cl)s2)cc(N2CCN(CCOCOn3c(O)ccc3O)CC2)n1. The van der Waals surface area contributed by atoms with Crippen molar-refractivity contribution in [2.75, 3.05) is 61.7 Å². The lowest BCUT2D eigenvalue weighted by molar-refractivity contribution is -0.0732. The van der Waals surface area contributed by atoms with E-state index in [4.69, 9.17) is 21.2 Å². The number of nitrogens with one attached hydrogen (secondary N) is 2. The first-order chi connectivity index (χ1) is 19.9. The molecule has 0 spiro atoms. The smallest absolute Gasteiger partial charge is 0.229 e. The van der Waals surface area contributed by atoms with Crippen LogP contribution in [0.3, 0.4) is 0 Å². The van der Waals surface area contributed by atoms with E-state index in [1.165, 1.54) is 12.1 Å². The Morgan fingerprint density at radius 1 is 1.05 bits per heavy atom. The maximum absolute atomic E-state index is 9.58. The monoisotopic (exact) mass is 600 g/mol. The van der Waals surface area contributed by atoms with Crippen LogP contribution in [0.5, 0.6) is 11.8 Å². The van der Waals surface area contributed by atoms with Crippen molar-refractivity contribution in [1.29, 1.82) is 0 Å². The number of ether oxygens (including phenoxy) is 1. The third-order valence-corrected chi connectivity index (χ3v) is 7.81. The van der Waals surface area contributed by atoms with Gasteiger partial charge in [0.15, 0.2) is 5.13 Å². The molecule has 1 aliphatic heterocycles. The van der Waals surface area contributed by atoms with Gasteiger partial charge in [-0.25, -0.2) is 15.0 Å². The molecule has 0 saturated carbocycles. The van der Waals surface area contributed by atoms with Gasteiger partial charge in [-0.1, -0.05) is 35.1 Å². The quantitative estimate of drug-likeness (QED) is 0.139. The molecule has 1 aromatic carbocycles. The van der Waals surface area contributed by atoms with Crippen molar-refractivity contribution < 1.29 is 19.8 Å². The number of aromatic hydroxyl groups is 2. The van der Waals surface area contributed by atoms with Gasteiger partial charge in [-0.2, -0.15) is 0 Å². The van der Waals surface area contributed by atoms with Gasteiger partial charge < -0.3 is 35.3 Å². The molecule has 0 amide bonds. The third kappa shape index (κ3) is 7.50. The minimum Gasteiger partial charge on any atom is -0.492 e. The number of aryl methyl sites for hydroxylation is 2. The molecule has 0 atom stereocenters. The number of hydrogen-bond acceptors (Lipinski definition) is 12. The molecule has 1 aliphatic rings. The fourth-order valence-electron chi connectivity index (χ4n) is 4.44. The molecule has 5 rings (SSSR count). The number of piperazine rings is 1. The summed E-state index contributed by atoms with van der Waals surface area (Å²) in [7, 11) is 0. The highest BCUT2D eigenvalue weighted by Crippen LogP contribution is 2.28.